The van der Waals surface area contributed by atoms with Crippen molar-refractivity contribution in [1.82, 2.24) is 10.2 Å². The maximum atomic E-state index is 13.7. The molecule has 2 atom stereocenters. The van der Waals surface area contributed by atoms with Gasteiger partial charge in [0.25, 0.3) is 0 Å². The lowest BCUT2D eigenvalue weighted by Gasteiger charge is -2.33. The van der Waals surface area contributed by atoms with Gasteiger partial charge >= 0.3 is 0 Å². The van der Waals surface area contributed by atoms with Gasteiger partial charge in [0.2, 0.25) is 21.8 Å². The number of carbonyl (C=O) groups excluding carboxylic acids is 2. The lowest BCUT2D eigenvalue weighted by molar-refractivity contribution is -0.140. The monoisotopic (exact) mass is 501 g/mol. The van der Waals surface area contributed by atoms with Gasteiger partial charge in [-0.3, -0.25) is 13.9 Å². The predicted octanol–water partition coefficient (Wildman–Crippen LogP) is 4.05. The Kier molecular flexibility index (Phi) is 10.3. The van der Waals surface area contributed by atoms with Crippen molar-refractivity contribution in [3.63, 3.8) is 0 Å². The average molecular weight is 502 g/mol. The molecule has 2 aromatic rings. The number of nitrogens with one attached hydrogen (secondary N) is 1. The first-order valence-corrected chi connectivity index (χ1v) is 14.1. The summed E-state index contributed by atoms with van der Waals surface area (Å²) in [6, 6.07) is 14.2. The van der Waals surface area contributed by atoms with Gasteiger partial charge in [0.15, 0.2) is 0 Å². The van der Waals surface area contributed by atoms with Gasteiger partial charge < -0.3 is 10.2 Å². The number of hydrogen-bond donors (Lipinski definition) is 1. The van der Waals surface area contributed by atoms with Gasteiger partial charge in [-0.2, -0.15) is 0 Å². The van der Waals surface area contributed by atoms with E-state index in [2.05, 4.69) is 5.32 Å². The van der Waals surface area contributed by atoms with E-state index in [0.717, 1.165) is 33.7 Å². The van der Waals surface area contributed by atoms with E-state index >= 15 is 0 Å². The molecular formula is C27H39N3O4S. The van der Waals surface area contributed by atoms with Crippen molar-refractivity contribution >= 4 is 27.5 Å². The number of amides is 2. The number of hydrogen-bond acceptors (Lipinski definition) is 4. The van der Waals surface area contributed by atoms with E-state index in [4.69, 9.17) is 0 Å². The molecule has 0 saturated heterocycles. The van der Waals surface area contributed by atoms with Crippen molar-refractivity contribution in [2.24, 2.45) is 0 Å². The SMILES string of the molecule is CCc1ccccc1N(CC(=O)N(Cc1ccc(C)cc1)C(CC)C(=O)NC(C)CC)S(C)(=O)=O. The van der Waals surface area contributed by atoms with Crippen LogP contribution in [0.4, 0.5) is 5.69 Å². The first-order valence-electron chi connectivity index (χ1n) is 12.2. The fourth-order valence-electron chi connectivity index (χ4n) is 3.90. The number of rotatable bonds is 12. The number of sulfonamides is 1. The molecule has 0 aliphatic rings. The van der Waals surface area contributed by atoms with Crippen LogP contribution in [0.3, 0.4) is 0 Å². The normalized spacial score (nSPS) is 13.1. The fourth-order valence-corrected chi connectivity index (χ4v) is 4.78. The van der Waals surface area contributed by atoms with E-state index in [0.29, 0.717) is 18.5 Å². The Labute approximate surface area is 210 Å². The summed E-state index contributed by atoms with van der Waals surface area (Å²) in [5, 5.41) is 2.98. The molecule has 35 heavy (non-hydrogen) atoms. The maximum Gasteiger partial charge on any atom is 0.244 e. The minimum absolute atomic E-state index is 0.0307. The van der Waals surface area contributed by atoms with Crippen LogP contribution in [0.1, 0.15) is 57.2 Å². The van der Waals surface area contributed by atoms with Crippen LogP contribution in [-0.2, 0) is 32.6 Å². The summed E-state index contributed by atoms with van der Waals surface area (Å²) in [6.45, 7) is 9.51. The minimum Gasteiger partial charge on any atom is -0.352 e. The average Bonchev–Trinajstić information content (AvgIpc) is 2.82. The zero-order valence-corrected chi connectivity index (χ0v) is 22.6. The molecule has 1 N–H and O–H groups in total. The van der Waals surface area contributed by atoms with Crippen molar-refractivity contribution in [3.05, 3.63) is 65.2 Å². The second kappa shape index (κ2) is 12.7. The Morgan fingerprint density at radius 2 is 1.60 bits per heavy atom. The van der Waals surface area contributed by atoms with Crippen molar-refractivity contribution in [2.45, 2.75) is 72.5 Å². The second-order valence-corrected chi connectivity index (χ2v) is 10.9. The molecule has 0 saturated carbocycles. The van der Waals surface area contributed by atoms with Gasteiger partial charge in [0.05, 0.1) is 11.9 Å². The van der Waals surface area contributed by atoms with Crippen molar-refractivity contribution in [2.75, 3.05) is 17.1 Å². The lowest BCUT2D eigenvalue weighted by atomic mass is 10.1. The standard InChI is InChI=1S/C27H39N3O4S/c1-7-21(5)28-27(32)24(9-3)29(18-22-16-14-20(4)15-17-22)26(31)19-30(35(6,33)34)25-13-11-10-12-23(25)8-2/h10-17,21,24H,7-9,18-19H2,1-6H3,(H,28,32). The van der Waals surface area contributed by atoms with Gasteiger partial charge in [-0.15, -0.1) is 0 Å². The van der Waals surface area contributed by atoms with Crippen LogP contribution in [0.15, 0.2) is 48.5 Å². The van der Waals surface area contributed by atoms with E-state index in [9.17, 15) is 18.0 Å². The number of anilines is 1. The molecule has 0 aromatic heterocycles. The third kappa shape index (κ3) is 7.82. The summed E-state index contributed by atoms with van der Waals surface area (Å²) < 4.78 is 26.7. The molecule has 0 bridgehead atoms. The molecule has 8 heteroatoms. The predicted molar refractivity (Wildman–Crippen MR) is 142 cm³/mol. The van der Waals surface area contributed by atoms with Gasteiger partial charge in [-0.1, -0.05) is 68.8 Å². The molecule has 0 fully saturated rings. The molecule has 0 aliphatic heterocycles. The van der Waals surface area contributed by atoms with Crippen LogP contribution in [0.25, 0.3) is 0 Å². The highest BCUT2D eigenvalue weighted by atomic mass is 32.2. The van der Waals surface area contributed by atoms with E-state index in [-0.39, 0.29) is 25.0 Å². The summed E-state index contributed by atoms with van der Waals surface area (Å²) in [6.07, 6.45) is 2.90. The van der Waals surface area contributed by atoms with Crippen LogP contribution in [0.2, 0.25) is 0 Å². The maximum absolute atomic E-state index is 13.7. The van der Waals surface area contributed by atoms with Gasteiger partial charge in [-0.05, 0) is 50.3 Å². The molecule has 0 heterocycles. The molecular weight excluding hydrogens is 462 g/mol. The molecule has 0 aliphatic carbocycles. The largest absolute Gasteiger partial charge is 0.352 e. The number of nitrogens with zero attached hydrogens (tertiary/aromatic N) is 2. The van der Waals surface area contributed by atoms with Crippen LogP contribution >= 0.6 is 0 Å². The van der Waals surface area contributed by atoms with E-state index in [1.807, 2.05) is 71.0 Å². The number of para-hydroxylation sites is 1. The summed E-state index contributed by atoms with van der Waals surface area (Å²) >= 11 is 0. The second-order valence-electron chi connectivity index (χ2n) is 9.00. The van der Waals surface area contributed by atoms with E-state index in [1.165, 1.54) is 4.90 Å². The van der Waals surface area contributed by atoms with Crippen LogP contribution in [0.5, 0.6) is 0 Å². The van der Waals surface area contributed by atoms with E-state index < -0.39 is 22.0 Å². The molecule has 2 unspecified atom stereocenters. The molecule has 0 radical (unpaired) electrons. The highest BCUT2D eigenvalue weighted by molar-refractivity contribution is 7.92. The molecule has 192 valence electrons. The molecule has 0 spiro atoms. The first-order chi connectivity index (χ1) is 16.5. The Bertz CT molecular complexity index is 1100. The summed E-state index contributed by atoms with van der Waals surface area (Å²) in [5.41, 5.74) is 3.28. The first kappa shape index (κ1) is 28.4. The quantitative estimate of drug-likeness (QED) is 0.475. The van der Waals surface area contributed by atoms with Crippen molar-refractivity contribution in [1.29, 1.82) is 0 Å². The summed E-state index contributed by atoms with van der Waals surface area (Å²) in [4.78, 5) is 28.4. The fraction of sp³-hybridized carbons (Fsp3) is 0.481. The highest BCUT2D eigenvalue weighted by Gasteiger charge is 2.32. The van der Waals surface area contributed by atoms with Crippen LogP contribution in [-0.4, -0.2) is 50.0 Å². The molecule has 2 aromatic carbocycles. The third-order valence-corrected chi connectivity index (χ3v) is 7.31. The van der Waals surface area contributed by atoms with Gasteiger partial charge in [0.1, 0.15) is 12.6 Å². The smallest absolute Gasteiger partial charge is 0.244 e. The Balaban J connectivity index is 2.46. The zero-order valence-electron chi connectivity index (χ0n) is 21.7. The molecule has 7 nitrogen and oxygen atoms in total. The van der Waals surface area contributed by atoms with Gasteiger partial charge in [-0.25, -0.2) is 8.42 Å². The summed E-state index contributed by atoms with van der Waals surface area (Å²) in [5.74, 6) is -0.657. The van der Waals surface area contributed by atoms with E-state index in [1.54, 1.807) is 12.1 Å². The minimum atomic E-state index is -3.75. The van der Waals surface area contributed by atoms with Gasteiger partial charge in [0, 0.05) is 12.6 Å². The number of benzene rings is 2. The van der Waals surface area contributed by atoms with Crippen LogP contribution in [0, 0.1) is 6.92 Å². The summed E-state index contributed by atoms with van der Waals surface area (Å²) in [7, 11) is -3.75. The zero-order chi connectivity index (χ0) is 26.2. The lowest BCUT2D eigenvalue weighted by Crippen LogP contribution is -2.53. The van der Waals surface area contributed by atoms with Crippen LogP contribution < -0.4 is 9.62 Å². The number of aryl methyl sites for hydroxylation is 2. The molecule has 2 rings (SSSR count). The Morgan fingerprint density at radius 1 is 0.971 bits per heavy atom. The topological polar surface area (TPSA) is 86.8 Å². The highest BCUT2D eigenvalue weighted by Crippen LogP contribution is 2.24. The van der Waals surface area contributed by atoms with Crippen molar-refractivity contribution in [3.8, 4) is 0 Å². The Hall–Kier alpha value is -2.87. The van der Waals surface area contributed by atoms with Crippen molar-refractivity contribution < 1.29 is 18.0 Å². The third-order valence-electron chi connectivity index (χ3n) is 6.18. The number of carbonyl (C=O) groups is 2. The molecule has 2 amide bonds. The Morgan fingerprint density at radius 3 is 2.14 bits per heavy atom.